The van der Waals surface area contributed by atoms with Gasteiger partial charge in [-0.25, -0.2) is 19.3 Å². The molecule has 1 atom stereocenters. The van der Waals surface area contributed by atoms with E-state index in [9.17, 15) is 4.39 Å². The topological polar surface area (TPSA) is 70.6 Å². The predicted octanol–water partition coefficient (Wildman–Crippen LogP) is 2.03. The average Bonchev–Trinajstić information content (AvgIpc) is 3.02. The standard InChI is InChI=1S/C13H17FN6/c1-2-9-11(14)13(17-7-15-9)20-6-4-3-5-10(20)12-16-8-18-19-12/h7-8,10H,2-6H2,1H3,(H,16,18,19)/t10-/m1/s1. The molecule has 0 saturated carbocycles. The van der Waals surface area contributed by atoms with E-state index in [0.717, 1.165) is 31.6 Å². The van der Waals surface area contributed by atoms with Crippen LogP contribution in [0.15, 0.2) is 12.7 Å². The molecule has 1 aliphatic heterocycles. The molecule has 7 heteroatoms. The van der Waals surface area contributed by atoms with Crippen LogP contribution < -0.4 is 4.90 Å². The van der Waals surface area contributed by atoms with Gasteiger partial charge in [0, 0.05) is 6.54 Å². The van der Waals surface area contributed by atoms with Crippen LogP contribution in [0.2, 0.25) is 0 Å². The van der Waals surface area contributed by atoms with Crippen LogP contribution >= 0.6 is 0 Å². The maximum absolute atomic E-state index is 14.5. The molecule has 0 aromatic carbocycles. The lowest BCUT2D eigenvalue weighted by atomic mass is 10.0. The van der Waals surface area contributed by atoms with Crippen molar-refractivity contribution < 1.29 is 4.39 Å². The van der Waals surface area contributed by atoms with Crippen molar-refractivity contribution in [2.45, 2.75) is 38.6 Å². The summed E-state index contributed by atoms with van der Waals surface area (Å²) in [5.41, 5.74) is 0.455. The van der Waals surface area contributed by atoms with Crippen LogP contribution in [0.3, 0.4) is 0 Å². The molecule has 1 fully saturated rings. The summed E-state index contributed by atoms with van der Waals surface area (Å²) < 4.78 is 14.5. The van der Waals surface area contributed by atoms with E-state index in [1.165, 1.54) is 12.7 Å². The second-order valence-electron chi connectivity index (χ2n) is 4.89. The zero-order chi connectivity index (χ0) is 13.9. The summed E-state index contributed by atoms with van der Waals surface area (Å²) in [6, 6.07) is 0.000330. The minimum Gasteiger partial charge on any atom is -0.344 e. The third-order valence-electron chi connectivity index (χ3n) is 3.70. The smallest absolute Gasteiger partial charge is 0.187 e. The van der Waals surface area contributed by atoms with Crippen molar-refractivity contribution in [2.75, 3.05) is 11.4 Å². The number of hydrogen-bond acceptors (Lipinski definition) is 5. The molecule has 0 amide bonds. The molecule has 0 radical (unpaired) electrons. The number of aryl methyl sites for hydroxylation is 1. The summed E-state index contributed by atoms with van der Waals surface area (Å²) in [6.07, 6.45) is 6.51. The van der Waals surface area contributed by atoms with Gasteiger partial charge < -0.3 is 4.90 Å². The monoisotopic (exact) mass is 276 g/mol. The fraction of sp³-hybridized carbons (Fsp3) is 0.538. The molecule has 1 N–H and O–H groups in total. The van der Waals surface area contributed by atoms with Crippen molar-refractivity contribution in [2.24, 2.45) is 0 Å². The van der Waals surface area contributed by atoms with E-state index in [1.54, 1.807) is 0 Å². The van der Waals surface area contributed by atoms with Gasteiger partial charge in [-0.2, -0.15) is 5.10 Å². The number of aromatic amines is 1. The van der Waals surface area contributed by atoms with Gasteiger partial charge in [-0.05, 0) is 25.7 Å². The minimum absolute atomic E-state index is 0.000330. The fourth-order valence-corrected chi connectivity index (χ4v) is 2.69. The molecule has 3 rings (SSSR count). The van der Waals surface area contributed by atoms with Crippen molar-refractivity contribution in [3.05, 3.63) is 30.0 Å². The van der Waals surface area contributed by atoms with Crippen molar-refractivity contribution in [1.82, 2.24) is 25.1 Å². The van der Waals surface area contributed by atoms with Gasteiger partial charge in [0.05, 0.1) is 11.7 Å². The molecule has 1 saturated heterocycles. The number of anilines is 1. The second-order valence-corrected chi connectivity index (χ2v) is 4.89. The van der Waals surface area contributed by atoms with E-state index in [0.29, 0.717) is 17.9 Å². The molecule has 0 spiro atoms. The number of nitrogens with zero attached hydrogens (tertiary/aromatic N) is 5. The lowest BCUT2D eigenvalue weighted by molar-refractivity contribution is 0.443. The van der Waals surface area contributed by atoms with Crippen LogP contribution in [0, 0.1) is 5.82 Å². The molecule has 0 bridgehead atoms. The van der Waals surface area contributed by atoms with E-state index >= 15 is 0 Å². The van der Waals surface area contributed by atoms with Crippen LogP contribution in [-0.4, -0.2) is 31.7 Å². The van der Waals surface area contributed by atoms with Gasteiger partial charge in [-0.1, -0.05) is 6.92 Å². The second kappa shape index (κ2) is 5.52. The number of rotatable bonds is 3. The Morgan fingerprint density at radius 3 is 2.95 bits per heavy atom. The van der Waals surface area contributed by atoms with E-state index in [4.69, 9.17) is 0 Å². The van der Waals surface area contributed by atoms with Crippen LogP contribution in [0.25, 0.3) is 0 Å². The summed E-state index contributed by atoms with van der Waals surface area (Å²) in [4.78, 5) is 14.3. The number of aromatic nitrogens is 5. The van der Waals surface area contributed by atoms with Crippen molar-refractivity contribution in [1.29, 1.82) is 0 Å². The Balaban J connectivity index is 1.98. The Kier molecular flexibility index (Phi) is 3.58. The number of H-pyrrole nitrogens is 1. The zero-order valence-electron chi connectivity index (χ0n) is 11.4. The molecule has 20 heavy (non-hydrogen) atoms. The first-order valence-electron chi connectivity index (χ1n) is 6.92. The molecule has 2 aromatic rings. The highest BCUT2D eigenvalue weighted by Gasteiger charge is 2.29. The summed E-state index contributed by atoms with van der Waals surface area (Å²) in [5.74, 6) is 0.820. The molecule has 0 aliphatic carbocycles. The first-order chi connectivity index (χ1) is 9.81. The van der Waals surface area contributed by atoms with Gasteiger partial charge in [0.2, 0.25) is 0 Å². The van der Waals surface area contributed by atoms with Gasteiger partial charge in [0.15, 0.2) is 11.6 Å². The van der Waals surface area contributed by atoms with Crippen molar-refractivity contribution >= 4 is 5.82 Å². The number of halogens is 1. The maximum atomic E-state index is 14.5. The zero-order valence-corrected chi connectivity index (χ0v) is 11.4. The van der Waals surface area contributed by atoms with Crippen molar-refractivity contribution in [3.8, 4) is 0 Å². The first-order valence-corrected chi connectivity index (χ1v) is 6.92. The Morgan fingerprint density at radius 2 is 2.20 bits per heavy atom. The van der Waals surface area contributed by atoms with Gasteiger partial charge in [-0.15, -0.1) is 0 Å². The number of nitrogens with one attached hydrogen (secondary N) is 1. The summed E-state index contributed by atoms with van der Waals surface area (Å²) in [7, 11) is 0. The highest BCUT2D eigenvalue weighted by Crippen LogP contribution is 2.33. The third kappa shape index (κ3) is 2.23. The SMILES string of the molecule is CCc1ncnc(N2CCCC[C@@H]2c2ncn[nH]2)c1F. The average molecular weight is 276 g/mol. The largest absolute Gasteiger partial charge is 0.344 e. The van der Waals surface area contributed by atoms with Crippen molar-refractivity contribution in [3.63, 3.8) is 0 Å². The Labute approximate surface area is 116 Å². The van der Waals surface area contributed by atoms with Crippen LogP contribution in [-0.2, 0) is 6.42 Å². The van der Waals surface area contributed by atoms with Gasteiger partial charge in [-0.3, -0.25) is 5.10 Å². The third-order valence-corrected chi connectivity index (χ3v) is 3.70. The van der Waals surface area contributed by atoms with E-state index in [1.807, 2.05) is 11.8 Å². The molecule has 106 valence electrons. The molecular formula is C13H17FN6. The number of piperidine rings is 1. The van der Waals surface area contributed by atoms with E-state index < -0.39 is 0 Å². The summed E-state index contributed by atoms with van der Waals surface area (Å²) >= 11 is 0. The first kappa shape index (κ1) is 13.0. The molecule has 3 heterocycles. The Morgan fingerprint density at radius 1 is 1.30 bits per heavy atom. The molecule has 2 aromatic heterocycles. The number of hydrogen-bond donors (Lipinski definition) is 1. The Hall–Kier alpha value is -2.05. The lowest BCUT2D eigenvalue weighted by Gasteiger charge is -2.35. The van der Waals surface area contributed by atoms with Gasteiger partial charge >= 0.3 is 0 Å². The quantitative estimate of drug-likeness (QED) is 0.928. The lowest BCUT2D eigenvalue weighted by Crippen LogP contribution is -2.35. The highest BCUT2D eigenvalue weighted by molar-refractivity contribution is 5.43. The van der Waals surface area contributed by atoms with E-state index in [-0.39, 0.29) is 11.9 Å². The normalized spacial score (nSPS) is 19.3. The molecule has 0 unspecified atom stereocenters. The maximum Gasteiger partial charge on any atom is 0.187 e. The molecular weight excluding hydrogens is 259 g/mol. The van der Waals surface area contributed by atoms with Gasteiger partial charge in [0.25, 0.3) is 0 Å². The minimum atomic E-state index is -0.318. The van der Waals surface area contributed by atoms with Crippen LogP contribution in [0.5, 0.6) is 0 Å². The van der Waals surface area contributed by atoms with Gasteiger partial charge in [0.1, 0.15) is 18.5 Å². The molecule has 1 aliphatic rings. The fourth-order valence-electron chi connectivity index (χ4n) is 2.69. The highest BCUT2D eigenvalue weighted by atomic mass is 19.1. The summed E-state index contributed by atoms with van der Waals surface area (Å²) in [5, 5.41) is 6.78. The Bertz CT molecular complexity index is 570. The molecule has 6 nitrogen and oxygen atoms in total. The van der Waals surface area contributed by atoms with Crippen LogP contribution in [0.4, 0.5) is 10.2 Å². The van der Waals surface area contributed by atoms with Crippen LogP contribution in [0.1, 0.15) is 43.7 Å². The van der Waals surface area contributed by atoms with E-state index in [2.05, 4.69) is 25.1 Å². The summed E-state index contributed by atoms with van der Waals surface area (Å²) in [6.45, 7) is 2.65. The predicted molar refractivity (Wildman–Crippen MR) is 71.7 cm³/mol.